The summed E-state index contributed by atoms with van der Waals surface area (Å²) in [5, 5.41) is 0. The molecule has 0 saturated heterocycles. The van der Waals surface area contributed by atoms with Gasteiger partial charge in [-0.25, -0.2) is 0 Å². The van der Waals surface area contributed by atoms with Crippen molar-refractivity contribution >= 4 is 0 Å². The highest BCUT2D eigenvalue weighted by molar-refractivity contribution is 4.88. The lowest BCUT2D eigenvalue weighted by Gasteiger charge is -2.31. The van der Waals surface area contributed by atoms with Gasteiger partial charge in [0.25, 0.3) is 0 Å². The second-order valence-corrected chi connectivity index (χ2v) is 4.31. The number of rotatable bonds is 5. The van der Waals surface area contributed by atoms with Gasteiger partial charge in [-0.2, -0.15) is 0 Å². The maximum Gasteiger partial charge on any atom is 0.0807 e. The Kier molecular flexibility index (Phi) is 4.20. The number of nitrogens with two attached hydrogens (primary N) is 1. The Morgan fingerprint density at radius 1 is 1.38 bits per heavy atom. The lowest BCUT2D eigenvalue weighted by molar-refractivity contribution is -0.0795. The van der Waals surface area contributed by atoms with Gasteiger partial charge in [0.15, 0.2) is 0 Å². The van der Waals surface area contributed by atoms with E-state index < -0.39 is 0 Å². The van der Waals surface area contributed by atoms with Gasteiger partial charge in [0.2, 0.25) is 0 Å². The minimum atomic E-state index is 0.0363. The van der Waals surface area contributed by atoms with Crippen LogP contribution in [0.1, 0.15) is 52.4 Å². The zero-order valence-corrected chi connectivity index (χ0v) is 9.01. The summed E-state index contributed by atoms with van der Waals surface area (Å²) in [5.41, 5.74) is 5.82. The molecule has 1 aliphatic carbocycles. The molecule has 0 aromatic heterocycles. The van der Waals surface area contributed by atoms with E-state index in [1.165, 1.54) is 19.3 Å². The Bertz CT molecular complexity index is 141. The molecule has 1 atom stereocenters. The van der Waals surface area contributed by atoms with Gasteiger partial charge in [0.1, 0.15) is 0 Å². The second-order valence-electron chi connectivity index (χ2n) is 4.31. The zero-order chi connectivity index (χ0) is 9.73. The van der Waals surface area contributed by atoms with Gasteiger partial charge in [0.05, 0.1) is 11.7 Å². The van der Waals surface area contributed by atoms with E-state index in [4.69, 9.17) is 10.5 Å². The van der Waals surface area contributed by atoms with Crippen LogP contribution in [0.3, 0.4) is 0 Å². The maximum absolute atomic E-state index is 6.06. The molecule has 0 radical (unpaired) electrons. The molecular formula is C11H23NO. The van der Waals surface area contributed by atoms with Crippen LogP contribution in [0.15, 0.2) is 0 Å². The summed E-state index contributed by atoms with van der Waals surface area (Å²) in [6.45, 7) is 5.06. The summed E-state index contributed by atoms with van der Waals surface area (Å²) in [4.78, 5) is 0. The SMILES string of the molecule is CCCC(C)OC1(CN)CCCC1. The van der Waals surface area contributed by atoms with Crippen molar-refractivity contribution in [1.29, 1.82) is 0 Å². The van der Waals surface area contributed by atoms with Crippen molar-refractivity contribution in [3.8, 4) is 0 Å². The molecule has 0 heterocycles. The molecule has 1 unspecified atom stereocenters. The number of hydrogen-bond donors (Lipinski definition) is 1. The molecule has 0 spiro atoms. The number of hydrogen-bond acceptors (Lipinski definition) is 2. The van der Waals surface area contributed by atoms with Crippen molar-refractivity contribution in [2.45, 2.75) is 64.1 Å². The van der Waals surface area contributed by atoms with E-state index in [0.717, 1.165) is 19.3 Å². The average molecular weight is 185 g/mol. The van der Waals surface area contributed by atoms with E-state index in [1.54, 1.807) is 0 Å². The van der Waals surface area contributed by atoms with Crippen molar-refractivity contribution in [1.82, 2.24) is 0 Å². The van der Waals surface area contributed by atoms with E-state index in [9.17, 15) is 0 Å². The fourth-order valence-corrected chi connectivity index (χ4v) is 2.28. The zero-order valence-electron chi connectivity index (χ0n) is 9.01. The van der Waals surface area contributed by atoms with Crippen LogP contribution in [0.4, 0.5) is 0 Å². The summed E-state index contributed by atoms with van der Waals surface area (Å²) in [5.74, 6) is 0. The van der Waals surface area contributed by atoms with Crippen LogP contribution in [-0.2, 0) is 4.74 Å². The summed E-state index contributed by atoms with van der Waals surface area (Å²) >= 11 is 0. The van der Waals surface area contributed by atoms with Crippen molar-refractivity contribution in [2.75, 3.05) is 6.54 Å². The van der Waals surface area contributed by atoms with E-state index in [-0.39, 0.29) is 5.60 Å². The summed E-state index contributed by atoms with van der Waals surface area (Å²) in [6, 6.07) is 0. The van der Waals surface area contributed by atoms with E-state index in [2.05, 4.69) is 13.8 Å². The first-order valence-electron chi connectivity index (χ1n) is 5.60. The van der Waals surface area contributed by atoms with Gasteiger partial charge in [-0.3, -0.25) is 0 Å². The summed E-state index contributed by atoms with van der Waals surface area (Å²) in [7, 11) is 0. The highest BCUT2D eigenvalue weighted by Gasteiger charge is 2.34. The van der Waals surface area contributed by atoms with Gasteiger partial charge in [-0.05, 0) is 26.2 Å². The molecule has 0 aliphatic heterocycles. The fraction of sp³-hybridized carbons (Fsp3) is 1.00. The molecule has 0 aromatic rings. The van der Waals surface area contributed by atoms with Crippen LogP contribution in [-0.4, -0.2) is 18.2 Å². The van der Waals surface area contributed by atoms with E-state index in [0.29, 0.717) is 12.6 Å². The van der Waals surface area contributed by atoms with Gasteiger partial charge in [-0.1, -0.05) is 26.2 Å². The fourth-order valence-electron chi connectivity index (χ4n) is 2.28. The molecule has 2 nitrogen and oxygen atoms in total. The van der Waals surface area contributed by atoms with Gasteiger partial charge in [-0.15, -0.1) is 0 Å². The first kappa shape index (κ1) is 11.0. The Hall–Kier alpha value is -0.0800. The van der Waals surface area contributed by atoms with Crippen LogP contribution in [0, 0.1) is 0 Å². The topological polar surface area (TPSA) is 35.2 Å². The second kappa shape index (κ2) is 4.97. The maximum atomic E-state index is 6.06. The van der Waals surface area contributed by atoms with Crippen LogP contribution in [0.25, 0.3) is 0 Å². The van der Waals surface area contributed by atoms with Crippen LogP contribution < -0.4 is 5.73 Å². The Labute approximate surface area is 81.8 Å². The minimum Gasteiger partial charge on any atom is -0.371 e. The van der Waals surface area contributed by atoms with Crippen molar-refractivity contribution in [3.63, 3.8) is 0 Å². The molecule has 2 heteroatoms. The summed E-state index contributed by atoms with van der Waals surface area (Å²) < 4.78 is 6.06. The van der Waals surface area contributed by atoms with Crippen molar-refractivity contribution in [3.05, 3.63) is 0 Å². The third-order valence-electron chi connectivity index (χ3n) is 3.03. The molecule has 1 saturated carbocycles. The molecule has 78 valence electrons. The van der Waals surface area contributed by atoms with Crippen molar-refractivity contribution in [2.24, 2.45) is 5.73 Å². The Morgan fingerprint density at radius 2 is 2.00 bits per heavy atom. The van der Waals surface area contributed by atoms with E-state index >= 15 is 0 Å². The molecule has 0 bridgehead atoms. The highest BCUT2D eigenvalue weighted by Crippen LogP contribution is 2.33. The third-order valence-corrected chi connectivity index (χ3v) is 3.03. The average Bonchev–Trinajstić information content (AvgIpc) is 2.54. The first-order chi connectivity index (χ1) is 6.22. The molecule has 1 aliphatic rings. The van der Waals surface area contributed by atoms with Crippen LogP contribution in [0.2, 0.25) is 0 Å². The Balaban J connectivity index is 2.38. The van der Waals surface area contributed by atoms with E-state index in [1.807, 2.05) is 0 Å². The standard InChI is InChI=1S/C11H23NO/c1-3-6-10(2)13-11(9-12)7-4-5-8-11/h10H,3-9,12H2,1-2H3. The molecular weight excluding hydrogens is 162 g/mol. The predicted octanol–water partition coefficient (Wildman–Crippen LogP) is 2.46. The third kappa shape index (κ3) is 2.96. The van der Waals surface area contributed by atoms with Gasteiger partial charge >= 0.3 is 0 Å². The normalized spacial score (nSPS) is 23.3. The van der Waals surface area contributed by atoms with Crippen molar-refractivity contribution < 1.29 is 4.74 Å². The Morgan fingerprint density at radius 3 is 2.46 bits per heavy atom. The molecule has 0 aromatic carbocycles. The molecule has 13 heavy (non-hydrogen) atoms. The molecule has 1 rings (SSSR count). The number of ether oxygens (including phenoxy) is 1. The van der Waals surface area contributed by atoms with Gasteiger partial charge in [0, 0.05) is 6.54 Å². The quantitative estimate of drug-likeness (QED) is 0.714. The molecule has 2 N–H and O–H groups in total. The molecule has 0 amide bonds. The largest absolute Gasteiger partial charge is 0.371 e. The monoisotopic (exact) mass is 185 g/mol. The smallest absolute Gasteiger partial charge is 0.0807 e. The highest BCUT2D eigenvalue weighted by atomic mass is 16.5. The lowest BCUT2D eigenvalue weighted by Crippen LogP contribution is -2.40. The van der Waals surface area contributed by atoms with Crippen LogP contribution in [0.5, 0.6) is 0 Å². The summed E-state index contributed by atoms with van der Waals surface area (Å²) in [6.07, 6.45) is 7.64. The van der Waals surface area contributed by atoms with Gasteiger partial charge < -0.3 is 10.5 Å². The predicted molar refractivity (Wildman–Crippen MR) is 55.7 cm³/mol. The lowest BCUT2D eigenvalue weighted by atomic mass is 10.0. The minimum absolute atomic E-state index is 0.0363. The first-order valence-corrected chi connectivity index (χ1v) is 5.60. The van der Waals surface area contributed by atoms with Crippen LogP contribution >= 0.6 is 0 Å². The molecule has 1 fully saturated rings.